The largest absolute Gasteiger partial charge is 0.493 e. The topological polar surface area (TPSA) is 69.7 Å². The van der Waals surface area contributed by atoms with Crippen molar-refractivity contribution in [3.05, 3.63) is 122 Å². The highest BCUT2D eigenvalue weighted by atomic mass is 16.5. The standard InChI is InChI=1S/C41H44N2O6/c1-24-18-29-19-32-41(44)43-31(36(42(32)4)34(29)40(37(24)45-5)49-22-28-16-12-9-13-17-28)20-30-25(2)26(3)38(46-6)39(47-7)35(30)33(43)23-48-21-27-14-10-8-11-15-27/h8-18,20,32-33,36H,19,21-23H2,1-7H3/t32?,33-,36?/m0/s1. The molecule has 0 saturated carbocycles. The van der Waals surface area contributed by atoms with Crippen LogP contribution in [0.1, 0.15) is 62.2 Å². The molecule has 0 spiro atoms. The molecule has 4 aromatic rings. The van der Waals surface area contributed by atoms with Gasteiger partial charge < -0.3 is 28.6 Å². The van der Waals surface area contributed by atoms with E-state index in [9.17, 15) is 4.79 Å². The maximum atomic E-state index is 14.8. The van der Waals surface area contributed by atoms with Gasteiger partial charge in [0, 0.05) is 16.8 Å². The Morgan fingerprint density at radius 3 is 2.02 bits per heavy atom. The van der Waals surface area contributed by atoms with Crippen molar-refractivity contribution >= 4 is 12.0 Å². The summed E-state index contributed by atoms with van der Waals surface area (Å²) in [5, 5.41) is 0. The van der Waals surface area contributed by atoms with Crippen LogP contribution in [-0.2, 0) is 29.2 Å². The predicted octanol–water partition coefficient (Wildman–Crippen LogP) is 7.27. The van der Waals surface area contributed by atoms with Crippen molar-refractivity contribution in [2.45, 2.75) is 58.5 Å². The Bertz CT molecular complexity index is 1920. The number of hydrogen-bond donors (Lipinski definition) is 0. The van der Waals surface area contributed by atoms with Gasteiger partial charge in [-0.25, -0.2) is 0 Å². The lowest BCUT2D eigenvalue weighted by Crippen LogP contribution is -2.60. The van der Waals surface area contributed by atoms with E-state index in [2.05, 4.69) is 43.0 Å². The molecule has 0 aromatic heterocycles. The molecule has 8 nitrogen and oxygen atoms in total. The summed E-state index contributed by atoms with van der Waals surface area (Å²) in [5.41, 5.74) is 10.1. The number of methoxy groups -OCH3 is 3. The average molecular weight is 661 g/mol. The number of carbonyl (C=O) groups is 1. The molecule has 3 aliphatic rings. The maximum absolute atomic E-state index is 14.8. The van der Waals surface area contributed by atoms with E-state index in [1.54, 1.807) is 21.3 Å². The summed E-state index contributed by atoms with van der Waals surface area (Å²) in [6.45, 7) is 7.29. The van der Waals surface area contributed by atoms with E-state index in [4.69, 9.17) is 23.7 Å². The van der Waals surface area contributed by atoms with Gasteiger partial charge in [-0.15, -0.1) is 0 Å². The molecule has 0 radical (unpaired) electrons. The summed E-state index contributed by atoms with van der Waals surface area (Å²) in [4.78, 5) is 19.0. The molecule has 8 heteroatoms. The first kappa shape index (κ1) is 32.7. The monoisotopic (exact) mass is 660 g/mol. The summed E-state index contributed by atoms with van der Waals surface area (Å²) >= 11 is 0. The van der Waals surface area contributed by atoms with Gasteiger partial charge in [0.15, 0.2) is 23.0 Å². The van der Waals surface area contributed by atoms with Crippen LogP contribution in [0.3, 0.4) is 0 Å². The van der Waals surface area contributed by atoms with Gasteiger partial charge in [-0.3, -0.25) is 9.69 Å². The fourth-order valence-corrected chi connectivity index (χ4v) is 7.95. The van der Waals surface area contributed by atoms with Crippen molar-refractivity contribution in [3.63, 3.8) is 0 Å². The fraction of sp³-hybridized carbons (Fsp3) is 0.341. The normalized spacial score (nSPS) is 19.4. The zero-order valence-corrected chi connectivity index (χ0v) is 29.3. The molecule has 0 aliphatic carbocycles. The summed E-state index contributed by atoms with van der Waals surface area (Å²) in [7, 11) is 7.06. The number of ether oxygens (including phenoxy) is 5. The molecule has 4 aromatic carbocycles. The lowest BCUT2D eigenvalue weighted by molar-refractivity contribution is -0.145. The van der Waals surface area contributed by atoms with Gasteiger partial charge in [-0.2, -0.15) is 0 Å². The van der Waals surface area contributed by atoms with Gasteiger partial charge in [0.2, 0.25) is 5.91 Å². The Morgan fingerprint density at radius 1 is 0.755 bits per heavy atom. The van der Waals surface area contributed by atoms with E-state index in [0.29, 0.717) is 36.9 Å². The molecule has 3 atom stereocenters. The third kappa shape index (κ3) is 5.43. The zero-order valence-electron chi connectivity index (χ0n) is 29.3. The molecule has 1 saturated heterocycles. The molecule has 2 bridgehead atoms. The third-order valence-corrected chi connectivity index (χ3v) is 10.4. The van der Waals surface area contributed by atoms with Gasteiger partial charge in [0.1, 0.15) is 6.61 Å². The maximum Gasteiger partial charge on any atom is 0.245 e. The predicted molar refractivity (Wildman–Crippen MR) is 189 cm³/mol. The number of benzene rings is 4. The Labute approximate surface area is 288 Å². The van der Waals surface area contributed by atoms with E-state index >= 15 is 0 Å². The third-order valence-electron chi connectivity index (χ3n) is 10.4. The number of aryl methyl sites for hydroxylation is 1. The number of amides is 1. The van der Waals surface area contributed by atoms with Crippen LogP contribution in [-0.4, -0.2) is 56.7 Å². The van der Waals surface area contributed by atoms with Crippen LogP contribution in [0.15, 0.2) is 72.4 Å². The quantitative estimate of drug-likeness (QED) is 0.177. The van der Waals surface area contributed by atoms with Gasteiger partial charge in [0.05, 0.1) is 52.7 Å². The van der Waals surface area contributed by atoms with Crippen LogP contribution in [0.4, 0.5) is 0 Å². The van der Waals surface area contributed by atoms with E-state index in [-0.39, 0.29) is 24.6 Å². The molecule has 254 valence electrons. The molecular weight excluding hydrogens is 616 g/mol. The van der Waals surface area contributed by atoms with Crippen molar-refractivity contribution < 1.29 is 28.5 Å². The first-order chi connectivity index (χ1) is 23.8. The number of hydrogen-bond acceptors (Lipinski definition) is 7. The lowest BCUT2D eigenvalue weighted by atomic mass is 9.77. The van der Waals surface area contributed by atoms with Gasteiger partial charge >= 0.3 is 0 Å². The minimum absolute atomic E-state index is 0.0362. The summed E-state index contributed by atoms with van der Waals surface area (Å²) in [5.74, 6) is 2.77. The lowest BCUT2D eigenvalue weighted by Gasteiger charge is -2.53. The van der Waals surface area contributed by atoms with Crippen molar-refractivity contribution in [1.29, 1.82) is 0 Å². The second kappa shape index (κ2) is 13.3. The Kier molecular flexibility index (Phi) is 8.86. The highest BCUT2D eigenvalue weighted by Gasteiger charge is 2.52. The highest BCUT2D eigenvalue weighted by Crippen LogP contribution is 2.56. The van der Waals surface area contributed by atoms with Crippen LogP contribution >= 0.6 is 0 Å². The Morgan fingerprint density at radius 2 is 1.39 bits per heavy atom. The van der Waals surface area contributed by atoms with E-state index in [1.807, 2.05) is 67.4 Å². The van der Waals surface area contributed by atoms with Crippen LogP contribution in [0.5, 0.6) is 23.0 Å². The molecular formula is C41H44N2O6. The van der Waals surface area contributed by atoms with Gasteiger partial charge in [-0.1, -0.05) is 66.7 Å². The van der Waals surface area contributed by atoms with Crippen molar-refractivity contribution in [3.8, 4) is 23.0 Å². The number of rotatable bonds is 10. The highest BCUT2D eigenvalue weighted by molar-refractivity contribution is 5.91. The summed E-state index contributed by atoms with van der Waals surface area (Å²) < 4.78 is 31.2. The van der Waals surface area contributed by atoms with Crippen LogP contribution in [0, 0.1) is 20.8 Å². The number of piperazine rings is 1. The molecule has 1 amide bonds. The number of carbonyl (C=O) groups excluding carboxylic acids is 1. The second-order valence-corrected chi connectivity index (χ2v) is 13.1. The van der Waals surface area contributed by atoms with Crippen molar-refractivity contribution in [2.75, 3.05) is 35.0 Å². The minimum Gasteiger partial charge on any atom is -0.493 e. The SMILES string of the molecule is COc1c(C)cc2c(c1OCc1ccccc1)C1C3=Cc4c(C)c(C)c(OC)c(OC)c4[C@H](COCc4ccccc4)N3C(=O)C(C2)N1C. The summed E-state index contributed by atoms with van der Waals surface area (Å²) in [6.07, 6.45) is 2.72. The fourth-order valence-electron chi connectivity index (χ4n) is 7.95. The summed E-state index contributed by atoms with van der Waals surface area (Å²) in [6, 6.07) is 21.3. The number of nitrogens with zero attached hydrogens (tertiary/aromatic N) is 2. The molecule has 2 unspecified atom stereocenters. The molecule has 7 rings (SSSR count). The van der Waals surface area contributed by atoms with Crippen LogP contribution in [0.2, 0.25) is 0 Å². The molecule has 3 aliphatic heterocycles. The first-order valence-electron chi connectivity index (χ1n) is 16.8. The number of fused-ring (bicyclic) bond motifs is 7. The zero-order chi connectivity index (χ0) is 34.4. The smallest absolute Gasteiger partial charge is 0.245 e. The van der Waals surface area contributed by atoms with E-state index in [0.717, 1.165) is 61.5 Å². The van der Waals surface area contributed by atoms with Gasteiger partial charge in [-0.05, 0) is 79.3 Å². The van der Waals surface area contributed by atoms with E-state index < -0.39 is 6.04 Å². The van der Waals surface area contributed by atoms with Crippen molar-refractivity contribution in [2.24, 2.45) is 0 Å². The average Bonchev–Trinajstić information content (AvgIpc) is 3.11. The number of likely N-dealkylation sites (N-methyl/N-ethyl adjacent to an activating group) is 1. The molecule has 49 heavy (non-hydrogen) atoms. The minimum atomic E-state index is -0.448. The second-order valence-electron chi connectivity index (χ2n) is 13.1. The van der Waals surface area contributed by atoms with Gasteiger partial charge in [0.25, 0.3) is 0 Å². The molecule has 1 fully saturated rings. The molecule has 3 heterocycles. The Balaban J connectivity index is 1.41. The first-order valence-corrected chi connectivity index (χ1v) is 16.8. The Hall–Kier alpha value is -4.79. The van der Waals surface area contributed by atoms with E-state index in [1.165, 1.54) is 0 Å². The van der Waals surface area contributed by atoms with Crippen LogP contribution in [0.25, 0.3) is 6.08 Å². The molecule has 0 N–H and O–H groups in total. The van der Waals surface area contributed by atoms with Crippen LogP contribution < -0.4 is 18.9 Å². The van der Waals surface area contributed by atoms with Crippen molar-refractivity contribution in [1.82, 2.24) is 9.80 Å².